The van der Waals surface area contributed by atoms with Crippen molar-refractivity contribution < 1.29 is 14.4 Å². The molecule has 1 amide bonds. The second-order valence-electron chi connectivity index (χ2n) is 6.15. The Bertz CT molecular complexity index is 963. The molecule has 26 heavy (non-hydrogen) atoms. The summed E-state index contributed by atoms with van der Waals surface area (Å²) in [5, 5.41) is 4.11. The minimum atomic E-state index is -0.213. The van der Waals surface area contributed by atoms with E-state index in [0.29, 0.717) is 46.6 Å². The van der Waals surface area contributed by atoms with Crippen molar-refractivity contribution in [2.24, 2.45) is 0 Å². The van der Waals surface area contributed by atoms with Crippen LogP contribution in [0.25, 0.3) is 10.8 Å². The molecular weight excluding hydrogens is 326 g/mol. The maximum Gasteiger partial charge on any atom is 0.251 e. The Balaban J connectivity index is 1.93. The lowest BCUT2D eigenvalue weighted by Gasteiger charge is -2.13. The summed E-state index contributed by atoms with van der Waals surface area (Å²) in [6.45, 7) is 2.37. The molecule has 1 N–H and O–H groups in total. The van der Waals surface area contributed by atoms with Crippen LogP contribution in [0, 0.1) is 6.92 Å². The third kappa shape index (κ3) is 3.40. The molecule has 0 unspecified atom stereocenters. The number of aldehydes is 2. The Morgan fingerprint density at radius 2 is 1.54 bits per heavy atom. The molecular formula is C22H19NO3. The average molecular weight is 345 g/mol. The number of aryl methyl sites for hydroxylation is 1. The van der Waals surface area contributed by atoms with Crippen LogP contribution in [0.15, 0.2) is 54.6 Å². The maximum absolute atomic E-state index is 12.7. The molecule has 130 valence electrons. The van der Waals surface area contributed by atoms with E-state index < -0.39 is 0 Å². The van der Waals surface area contributed by atoms with Gasteiger partial charge in [-0.15, -0.1) is 0 Å². The van der Waals surface area contributed by atoms with Crippen LogP contribution in [0.1, 0.15) is 42.2 Å². The first kappa shape index (κ1) is 17.5. The Morgan fingerprint density at radius 1 is 0.885 bits per heavy atom. The van der Waals surface area contributed by atoms with Gasteiger partial charge in [0.2, 0.25) is 0 Å². The number of nitrogens with one attached hydrogen (secondary N) is 1. The van der Waals surface area contributed by atoms with Crippen molar-refractivity contribution in [2.75, 3.05) is 6.54 Å². The van der Waals surface area contributed by atoms with Crippen molar-refractivity contribution in [2.45, 2.75) is 13.3 Å². The molecule has 3 rings (SSSR count). The van der Waals surface area contributed by atoms with Gasteiger partial charge in [0.25, 0.3) is 5.91 Å². The molecule has 4 nitrogen and oxygen atoms in total. The van der Waals surface area contributed by atoms with E-state index in [1.54, 1.807) is 24.3 Å². The van der Waals surface area contributed by atoms with E-state index in [1.807, 2.05) is 37.3 Å². The average Bonchev–Trinajstić information content (AvgIpc) is 2.68. The van der Waals surface area contributed by atoms with Gasteiger partial charge in [0, 0.05) is 28.6 Å². The van der Waals surface area contributed by atoms with Crippen molar-refractivity contribution in [3.63, 3.8) is 0 Å². The normalized spacial score (nSPS) is 10.5. The van der Waals surface area contributed by atoms with E-state index in [9.17, 15) is 14.4 Å². The molecule has 0 aromatic heterocycles. The smallest absolute Gasteiger partial charge is 0.251 e. The third-order valence-corrected chi connectivity index (χ3v) is 4.47. The van der Waals surface area contributed by atoms with E-state index in [-0.39, 0.29) is 5.91 Å². The van der Waals surface area contributed by atoms with Gasteiger partial charge in [0.15, 0.2) is 12.6 Å². The highest BCUT2D eigenvalue weighted by Gasteiger charge is 2.16. The zero-order valence-electron chi connectivity index (χ0n) is 14.5. The predicted octanol–water partition coefficient (Wildman–Crippen LogP) is 3.75. The number of hydrogen-bond acceptors (Lipinski definition) is 3. The largest absolute Gasteiger partial charge is 0.352 e. The highest BCUT2D eigenvalue weighted by Crippen LogP contribution is 2.28. The van der Waals surface area contributed by atoms with E-state index in [4.69, 9.17) is 0 Å². The molecule has 0 fully saturated rings. The van der Waals surface area contributed by atoms with Crippen molar-refractivity contribution >= 4 is 29.3 Å². The zero-order valence-corrected chi connectivity index (χ0v) is 14.5. The van der Waals surface area contributed by atoms with Gasteiger partial charge in [0.05, 0.1) is 0 Å². The molecule has 3 aromatic carbocycles. The van der Waals surface area contributed by atoms with Crippen molar-refractivity contribution in [3.8, 4) is 0 Å². The van der Waals surface area contributed by atoms with Crippen LogP contribution in [0.3, 0.4) is 0 Å². The van der Waals surface area contributed by atoms with Gasteiger partial charge in [-0.3, -0.25) is 14.4 Å². The summed E-state index contributed by atoms with van der Waals surface area (Å²) in [5.41, 5.74) is 3.29. The van der Waals surface area contributed by atoms with Gasteiger partial charge in [-0.25, -0.2) is 0 Å². The van der Waals surface area contributed by atoms with Gasteiger partial charge in [-0.2, -0.15) is 0 Å². The number of rotatable bonds is 6. The minimum Gasteiger partial charge on any atom is -0.352 e. The molecule has 0 aliphatic carbocycles. The topological polar surface area (TPSA) is 63.2 Å². The fourth-order valence-corrected chi connectivity index (χ4v) is 3.17. The lowest BCUT2D eigenvalue weighted by atomic mass is 9.92. The number of amides is 1. The first-order chi connectivity index (χ1) is 12.7. The van der Waals surface area contributed by atoms with E-state index in [0.717, 1.165) is 17.5 Å². The SMILES string of the molecule is Cc1ccc(C=O)c2c(C=O)ccc(C(=O)NCCc3ccccc3)c12. The Kier molecular flexibility index (Phi) is 5.23. The highest BCUT2D eigenvalue weighted by atomic mass is 16.1. The van der Waals surface area contributed by atoms with Crippen molar-refractivity contribution in [1.29, 1.82) is 0 Å². The monoisotopic (exact) mass is 345 g/mol. The number of hydrogen-bond donors (Lipinski definition) is 1. The molecule has 0 saturated heterocycles. The molecule has 0 saturated carbocycles. The van der Waals surface area contributed by atoms with E-state index >= 15 is 0 Å². The summed E-state index contributed by atoms with van der Waals surface area (Å²) >= 11 is 0. The molecule has 0 radical (unpaired) electrons. The number of benzene rings is 3. The molecule has 0 heterocycles. The Hall–Kier alpha value is -3.27. The lowest BCUT2D eigenvalue weighted by molar-refractivity contribution is 0.0954. The highest BCUT2D eigenvalue weighted by molar-refractivity contribution is 6.15. The molecule has 0 aliphatic rings. The molecule has 4 heteroatoms. The molecule has 0 bridgehead atoms. The lowest BCUT2D eigenvalue weighted by Crippen LogP contribution is -2.26. The summed E-state index contributed by atoms with van der Waals surface area (Å²) in [6.07, 6.45) is 2.16. The fraction of sp³-hybridized carbons (Fsp3) is 0.136. The maximum atomic E-state index is 12.7. The summed E-state index contributed by atoms with van der Waals surface area (Å²) in [7, 11) is 0. The summed E-state index contributed by atoms with van der Waals surface area (Å²) in [5.74, 6) is -0.213. The van der Waals surface area contributed by atoms with Crippen molar-refractivity contribution in [3.05, 3.63) is 82.4 Å². The third-order valence-electron chi connectivity index (χ3n) is 4.47. The van der Waals surface area contributed by atoms with Gasteiger partial charge >= 0.3 is 0 Å². The van der Waals surface area contributed by atoms with E-state index in [1.165, 1.54) is 0 Å². The van der Waals surface area contributed by atoms with Gasteiger partial charge in [0.1, 0.15) is 0 Å². The summed E-state index contributed by atoms with van der Waals surface area (Å²) in [4.78, 5) is 35.5. The van der Waals surface area contributed by atoms with Gasteiger partial charge in [-0.05, 0) is 35.9 Å². The molecule has 0 aliphatic heterocycles. The number of carbonyl (C=O) groups is 3. The Morgan fingerprint density at radius 3 is 2.19 bits per heavy atom. The van der Waals surface area contributed by atoms with Crippen LogP contribution < -0.4 is 5.32 Å². The van der Waals surface area contributed by atoms with Crippen LogP contribution >= 0.6 is 0 Å². The zero-order chi connectivity index (χ0) is 18.5. The number of fused-ring (bicyclic) bond motifs is 1. The first-order valence-corrected chi connectivity index (χ1v) is 8.44. The second-order valence-corrected chi connectivity index (χ2v) is 6.15. The van der Waals surface area contributed by atoms with Crippen LogP contribution in [-0.4, -0.2) is 25.0 Å². The molecule has 0 spiro atoms. The van der Waals surface area contributed by atoms with Gasteiger partial charge < -0.3 is 5.32 Å². The number of carbonyl (C=O) groups excluding carboxylic acids is 3. The van der Waals surface area contributed by atoms with Crippen LogP contribution in [-0.2, 0) is 6.42 Å². The minimum absolute atomic E-state index is 0.213. The van der Waals surface area contributed by atoms with Crippen LogP contribution in [0.4, 0.5) is 0 Å². The van der Waals surface area contributed by atoms with Gasteiger partial charge in [-0.1, -0.05) is 48.5 Å². The van der Waals surface area contributed by atoms with Crippen LogP contribution in [0.2, 0.25) is 0 Å². The van der Waals surface area contributed by atoms with Crippen molar-refractivity contribution in [1.82, 2.24) is 5.32 Å². The van der Waals surface area contributed by atoms with Crippen LogP contribution in [0.5, 0.6) is 0 Å². The first-order valence-electron chi connectivity index (χ1n) is 8.44. The molecule has 3 aromatic rings. The summed E-state index contributed by atoms with van der Waals surface area (Å²) in [6, 6.07) is 16.6. The Labute approximate surface area is 151 Å². The quantitative estimate of drug-likeness (QED) is 0.692. The summed E-state index contributed by atoms with van der Waals surface area (Å²) < 4.78 is 0. The predicted molar refractivity (Wildman–Crippen MR) is 102 cm³/mol. The standard InChI is InChI=1S/C22H19NO3/c1-15-7-8-17(13-24)21-18(14-25)9-10-19(20(15)21)22(26)23-12-11-16-5-3-2-4-6-16/h2-10,13-14H,11-12H2,1H3,(H,23,26). The fourth-order valence-electron chi connectivity index (χ4n) is 3.17. The van der Waals surface area contributed by atoms with E-state index in [2.05, 4.69) is 5.32 Å². The second kappa shape index (κ2) is 7.74. The molecule has 0 atom stereocenters.